The van der Waals surface area contributed by atoms with Crippen molar-refractivity contribution in [3.63, 3.8) is 0 Å². The molecule has 0 radical (unpaired) electrons. The van der Waals surface area contributed by atoms with Crippen molar-refractivity contribution >= 4 is 5.65 Å². The Morgan fingerprint density at radius 2 is 1.75 bits per heavy atom. The Balaban J connectivity index is 1.48. The molecule has 0 fully saturated rings. The van der Waals surface area contributed by atoms with Gasteiger partial charge in [-0.15, -0.1) is 5.10 Å². The van der Waals surface area contributed by atoms with E-state index in [9.17, 15) is 4.39 Å². The molecule has 0 N–H and O–H groups in total. The fourth-order valence-electron chi connectivity index (χ4n) is 4.72. The van der Waals surface area contributed by atoms with Crippen LogP contribution in [0, 0.1) is 12.7 Å². The number of hydrogen-bond acceptors (Lipinski definition) is 6. The van der Waals surface area contributed by atoms with Crippen LogP contribution in [-0.2, 0) is 0 Å². The third kappa shape index (κ3) is 3.09. The van der Waals surface area contributed by atoms with Gasteiger partial charge in [0.2, 0.25) is 11.8 Å². The minimum Gasteiger partial charge on any atom is -0.420 e. The number of halogens is 1. The van der Waals surface area contributed by atoms with E-state index >= 15 is 0 Å². The SMILES string of the molecule is Cc1nn(-c2ccccc2)c2c1[C@H](c1cccnc1)c1c(ncn3nc(-c4ccc(F)cc4)nc13)O2. The Hall–Kier alpha value is -4.92. The number of nitrogens with zero attached hydrogens (tertiary/aromatic N) is 7. The number of hydrogen-bond donors (Lipinski definition) is 0. The quantitative estimate of drug-likeness (QED) is 0.353. The van der Waals surface area contributed by atoms with Crippen molar-refractivity contribution in [3.05, 3.63) is 114 Å². The molecule has 36 heavy (non-hydrogen) atoms. The first-order chi connectivity index (χ1) is 17.7. The molecule has 2 aromatic carbocycles. The molecule has 1 aliphatic heterocycles. The van der Waals surface area contributed by atoms with Crippen LogP contribution >= 0.6 is 0 Å². The maximum atomic E-state index is 13.5. The minimum atomic E-state index is -0.315. The van der Waals surface area contributed by atoms with Crippen LogP contribution in [0.15, 0.2) is 85.5 Å². The van der Waals surface area contributed by atoms with Gasteiger partial charge in [0.05, 0.1) is 28.4 Å². The summed E-state index contributed by atoms with van der Waals surface area (Å²) in [6, 6.07) is 19.9. The molecule has 174 valence electrons. The Morgan fingerprint density at radius 1 is 0.917 bits per heavy atom. The number of aryl methyl sites for hydroxylation is 1. The molecule has 0 unspecified atom stereocenters. The van der Waals surface area contributed by atoms with Crippen LogP contribution in [0.5, 0.6) is 11.8 Å². The summed E-state index contributed by atoms with van der Waals surface area (Å²) in [5.41, 5.74) is 5.67. The van der Waals surface area contributed by atoms with Crippen molar-refractivity contribution in [1.82, 2.24) is 34.3 Å². The van der Waals surface area contributed by atoms with Crippen LogP contribution in [0.3, 0.4) is 0 Å². The van der Waals surface area contributed by atoms with Gasteiger partial charge < -0.3 is 4.74 Å². The fraction of sp³-hybridized carbons (Fsp3) is 0.0741. The molecule has 0 bridgehead atoms. The highest BCUT2D eigenvalue weighted by atomic mass is 19.1. The predicted molar refractivity (Wildman–Crippen MR) is 130 cm³/mol. The van der Waals surface area contributed by atoms with E-state index in [0.29, 0.717) is 28.8 Å². The van der Waals surface area contributed by atoms with Crippen molar-refractivity contribution < 1.29 is 9.13 Å². The monoisotopic (exact) mass is 475 g/mol. The molecule has 0 amide bonds. The van der Waals surface area contributed by atoms with Gasteiger partial charge in [0.25, 0.3) is 0 Å². The average Bonchev–Trinajstić information content (AvgIpc) is 3.50. The summed E-state index contributed by atoms with van der Waals surface area (Å²) in [4.78, 5) is 13.8. The Kier molecular flexibility index (Phi) is 4.44. The maximum absolute atomic E-state index is 13.5. The molecule has 6 aromatic rings. The van der Waals surface area contributed by atoms with Gasteiger partial charge in [0.1, 0.15) is 12.1 Å². The number of benzene rings is 2. The molecule has 8 nitrogen and oxygen atoms in total. The van der Waals surface area contributed by atoms with Gasteiger partial charge in [0.15, 0.2) is 11.5 Å². The van der Waals surface area contributed by atoms with Gasteiger partial charge in [-0.2, -0.15) is 5.10 Å². The summed E-state index contributed by atoms with van der Waals surface area (Å²) < 4.78 is 23.3. The highest BCUT2D eigenvalue weighted by Gasteiger charge is 2.38. The first kappa shape index (κ1) is 20.5. The molecular formula is C27H18FN7O. The minimum absolute atomic E-state index is 0.281. The molecule has 1 atom stereocenters. The second-order valence-corrected chi connectivity index (χ2v) is 8.55. The molecule has 0 spiro atoms. The zero-order chi connectivity index (χ0) is 24.2. The number of pyridine rings is 1. The lowest BCUT2D eigenvalue weighted by Gasteiger charge is -2.26. The number of aromatic nitrogens is 7. The predicted octanol–water partition coefficient (Wildman–Crippen LogP) is 5.11. The summed E-state index contributed by atoms with van der Waals surface area (Å²) in [5.74, 6) is 0.910. The van der Waals surface area contributed by atoms with E-state index in [1.165, 1.54) is 12.1 Å². The van der Waals surface area contributed by atoms with Gasteiger partial charge in [-0.25, -0.2) is 23.6 Å². The topological polar surface area (TPSA) is 83.0 Å². The number of fused-ring (bicyclic) bond motifs is 4. The van der Waals surface area contributed by atoms with E-state index in [1.54, 1.807) is 33.9 Å². The molecule has 0 aliphatic carbocycles. The standard InChI is InChI=1S/C27H18FN7O/c1-16-21-22(18-6-5-13-29-14-18)23-25-31-24(17-9-11-19(28)12-10-17)33-34(25)15-30-26(23)36-27(21)35(32-16)20-7-3-2-4-8-20/h2-15,22H,1H3/t22-/m0/s1. The largest absolute Gasteiger partial charge is 0.420 e. The highest BCUT2D eigenvalue weighted by Crippen LogP contribution is 2.49. The zero-order valence-electron chi connectivity index (χ0n) is 19.1. The Morgan fingerprint density at radius 3 is 2.53 bits per heavy atom. The maximum Gasteiger partial charge on any atom is 0.230 e. The lowest BCUT2D eigenvalue weighted by molar-refractivity contribution is 0.402. The third-order valence-corrected chi connectivity index (χ3v) is 6.34. The Bertz CT molecular complexity index is 1730. The van der Waals surface area contributed by atoms with E-state index in [0.717, 1.165) is 28.1 Å². The van der Waals surface area contributed by atoms with E-state index in [2.05, 4.69) is 15.1 Å². The van der Waals surface area contributed by atoms with Gasteiger partial charge in [-0.3, -0.25) is 4.98 Å². The average molecular weight is 475 g/mol. The summed E-state index contributed by atoms with van der Waals surface area (Å²) in [5, 5.41) is 9.44. The normalized spacial score (nSPS) is 14.3. The van der Waals surface area contributed by atoms with E-state index in [-0.39, 0.29) is 11.7 Å². The van der Waals surface area contributed by atoms with Gasteiger partial charge in [-0.1, -0.05) is 24.3 Å². The Labute approximate surface area is 204 Å². The summed E-state index contributed by atoms with van der Waals surface area (Å²) >= 11 is 0. The molecule has 0 saturated heterocycles. The highest BCUT2D eigenvalue weighted by molar-refractivity contribution is 5.68. The molecule has 9 heteroatoms. The second-order valence-electron chi connectivity index (χ2n) is 8.55. The van der Waals surface area contributed by atoms with E-state index in [1.807, 2.05) is 55.6 Å². The van der Waals surface area contributed by atoms with Crippen molar-refractivity contribution in [1.29, 1.82) is 0 Å². The van der Waals surface area contributed by atoms with Gasteiger partial charge in [0, 0.05) is 18.0 Å². The van der Waals surface area contributed by atoms with Crippen LogP contribution in [-0.4, -0.2) is 34.3 Å². The smallest absolute Gasteiger partial charge is 0.230 e. The number of para-hydroxylation sites is 1. The molecule has 5 heterocycles. The summed E-state index contributed by atoms with van der Waals surface area (Å²) in [6.07, 6.45) is 5.16. The molecule has 0 saturated carbocycles. The molecule has 4 aromatic heterocycles. The van der Waals surface area contributed by atoms with Crippen molar-refractivity contribution in [2.45, 2.75) is 12.8 Å². The lowest BCUT2D eigenvalue weighted by atomic mass is 9.85. The van der Waals surface area contributed by atoms with Crippen LogP contribution in [0.25, 0.3) is 22.7 Å². The van der Waals surface area contributed by atoms with E-state index < -0.39 is 0 Å². The molecule has 1 aliphatic rings. The third-order valence-electron chi connectivity index (χ3n) is 6.34. The molecule has 7 rings (SSSR count). The first-order valence-corrected chi connectivity index (χ1v) is 11.4. The summed E-state index contributed by atoms with van der Waals surface area (Å²) in [6.45, 7) is 1.97. The molecular weight excluding hydrogens is 457 g/mol. The number of ether oxygens (including phenoxy) is 1. The van der Waals surface area contributed by atoms with Gasteiger partial charge in [-0.05, 0) is 55.0 Å². The van der Waals surface area contributed by atoms with Crippen LogP contribution < -0.4 is 4.74 Å². The fourth-order valence-corrected chi connectivity index (χ4v) is 4.72. The van der Waals surface area contributed by atoms with E-state index in [4.69, 9.17) is 14.8 Å². The summed E-state index contributed by atoms with van der Waals surface area (Å²) in [7, 11) is 0. The van der Waals surface area contributed by atoms with Crippen LogP contribution in [0.1, 0.15) is 28.3 Å². The van der Waals surface area contributed by atoms with Crippen LogP contribution in [0.4, 0.5) is 4.39 Å². The van der Waals surface area contributed by atoms with Crippen molar-refractivity contribution in [2.75, 3.05) is 0 Å². The van der Waals surface area contributed by atoms with Crippen molar-refractivity contribution in [2.24, 2.45) is 0 Å². The van der Waals surface area contributed by atoms with Crippen LogP contribution in [0.2, 0.25) is 0 Å². The second kappa shape index (κ2) is 7.81. The van der Waals surface area contributed by atoms with Crippen molar-refractivity contribution in [3.8, 4) is 28.8 Å². The van der Waals surface area contributed by atoms with Gasteiger partial charge >= 0.3 is 0 Å². The first-order valence-electron chi connectivity index (χ1n) is 11.4. The zero-order valence-corrected chi connectivity index (χ0v) is 19.1. The number of rotatable bonds is 3. The lowest BCUT2D eigenvalue weighted by Crippen LogP contribution is -2.16.